The van der Waals surface area contributed by atoms with E-state index in [9.17, 15) is 19.5 Å². The number of allylic oxidation sites excluding steroid dienone is 1. The second-order valence-corrected chi connectivity index (χ2v) is 12.2. The highest BCUT2D eigenvalue weighted by atomic mass is 32.2. The number of esters is 1. The lowest BCUT2D eigenvalue weighted by atomic mass is 9.66. The number of carbonyl (C=O) groups excluding carboxylic acids is 3. The zero-order valence-electron chi connectivity index (χ0n) is 22.3. The number of carbonyl (C=O) groups is 3. The highest BCUT2D eigenvalue weighted by Gasteiger charge is 2.76. The zero-order chi connectivity index (χ0) is 27.3. The van der Waals surface area contributed by atoms with Crippen molar-refractivity contribution in [1.82, 2.24) is 9.80 Å². The number of aliphatic hydroxyl groups is 1. The van der Waals surface area contributed by atoms with E-state index >= 15 is 0 Å². The molecule has 3 unspecified atom stereocenters. The Kier molecular flexibility index (Phi) is 9.36. The van der Waals surface area contributed by atoms with Crippen molar-refractivity contribution in [1.29, 1.82) is 0 Å². The van der Waals surface area contributed by atoms with Crippen molar-refractivity contribution in [2.24, 2.45) is 17.8 Å². The topological polar surface area (TPSA) is 87.1 Å². The van der Waals surface area contributed by atoms with Crippen LogP contribution in [0.1, 0.15) is 44.6 Å². The molecule has 2 amide bonds. The van der Waals surface area contributed by atoms with Gasteiger partial charge in [-0.05, 0) is 43.6 Å². The van der Waals surface area contributed by atoms with E-state index in [4.69, 9.17) is 4.74 Å². The molecule has 1 spiro atoms. The van der Waals surface area contributed by atoms with Gasteiger partial charge in [-0.1, -0.05) is 49.4 Å². The largest absolute Gasteiger partial charge is 0.465 e. The molecule has 0 saturated carbocycles. The number of aliphatic hydroxyl groups excluding tert-OH is 1. The van der Waals surface area contributed by atoms with Crippen LogP contribution >= 0.6 is 11.8 Å². The second-order valence-electron chi connectivity index (χ2n) is 10.6. The molecule has 3 aliphatic heterocycles. The maximum absolute atomic E-state index is 14.4. The molecule has 7 nitrogen and oxygen atoms in total. The first-order valence-electron chi connectivity index (χ1n) is 13.7. The predicted octanol–water partition coefficient (Wildman–Crippen LogP) is 3.82. The summed E-state index contributed by atoms with van der Waals surface area (Å²) in [5, 5.41) is 9.53. The van der Waals surface area contributed by atoms with Crippen LogP contribution in [0.4, 0.5) is 0 Å². The van der Waals surface area contributed by atoms with Crippen LogP contribution in [-0.4, -0.2) is 75.0 Å². The van der Waals surface area contributed by atoms with Gasteiger partial charge in [-0.25, -0.2) is 0 Å². The SMILES string of the molecule is C=CCCCCOC(=O)[C@@H]1[C@H]2C(=O)N(CCCO)C(C(=O)N(CC=C)Cc3ccccc3)C23S[C@@H]1CC3C. The minimum absolute atomic E-state index is 0.0445. The van der Waals surface area contributed by atoms with E-state index in [1.54, 1.807) is 27.6 Å². The fourth-order valence-corrected chi connectivity index (χ4v) is 8.98. The molecule has 3 aliphatic rings. The average Bonchev–Trinajstić information content (AvgIpc) is 3.50. The second kappa shape index (κ2) is 12.5. The van der Waals surface area contributed by atoms with Gasteiger partial charge in [-0.15, -0.1) is 24.9 Å². The zero-order valence-corrected chi connectivity index (χ0v) is 23.1. The van der Waals surface area contributed by atoms with Gasteiger partial charge < -0.3 is 19.6 Å². The summed E-state index contributed by atoms with van der Waals surface area (Å²) in [4.78, 5) is 45.2. The van der Waals surface area contributed by atoms with Gasteiger partial charge in [-0.3, -0.25) is 14.4 Å². The summed E-state index contributed by atoms with van der Waals surface area (Å²) in [5.74, 6) is -1.68. The van der Waals surface area contributed by atoms with Crippen molar-refractivity contribution >= 4 is 29.5 Å². The van der Waals surface area contributed by atoms with Gasteiger partial charge in [0.15, 0.2) is 0 Å². The molecule has 0 aromatic heterocycles. The number of likely N-dealkylation sites (tertiary alicyclic amines) is 1. The Bertz CT molecular complexity index is 1030. The van der Waals surface area contributed by atoms with Crippen LogP contribution < -0.4 is 0 Å². The van der Waals surface area contributed by atoms with Crippen LogP contribution in [0.25, 0.3) is 0 Å². The fourth-order valence-electron chi connectivity index (χ4n) is 6.57. The Hall–Kier alpha value is -2.58. The summed E-state index contributed by atoms with van der Waals surface area (Å²) >= 11 is 1.65. The van der Waals surface area contributed by atoms with Crippen molar-refractivity contribution in [3.05, 3.63) is 61.2 Å². The summed E-state index contributed by atoms with van der Waals surface area (Å²) in [5.41, 5.74) is 0.998. The molecule has 0 aliphatic carbocycles. The highest BCUT2D eigenvalue weighted by molar-refractivity contribution is 8.02. The third kappa shape index (κ3) is 5.17. The van der Waals surface area contributed by atoms with Crippen LogP contribution in [0, 0.1) is 17.8 Å². The monoisotopic (exact) mass is 540 g/mol. The number of unbranched alkanes of at least 4 members (excludes halogenated alkanes) is 2. The van der Waals surface area contributed by atoms with Gasteiger partial charge in [0.1, 0.15) is 6.04 Å². The molecular formula is C30H40N2O5S. The fraction of sp³-hybridized carbons (Fsp3) is 0.567. The summed E-state index contributed by atoms with van der Waals surface area (Å²) in [6.45, 7) is 11.0. The summed E-state index contributed by atoms with van der Waals surface area (Å²) in [6.07, 6.45) is 7.22. The van der Waals surface area contributed by atoms with Gasteiger partial charge in [0.2, 0.25) is 11.8 Å². The number of rotatable bonds is 14. The van der Waals surface area contributed by atoms with E-state index < -0.39 is 22.6 Å². The predicted molar refractivity (Wildman–Crippen MR) is 149 cm³/mol. The lowest BCUT2D eigenvalue weighted by Gasteiger charge is -2.40. The Balaban J connectivity index is 1.64. The molecule has 1 aromatic carbocycles. The minimum Gasteiger partial charge on any atom is -0.465 e. The van der Waals surface area contributed by atoms with Crippen molar-refractivity contribution in [2.75, 3.05) is 26.3 Å². The van der Waals surface area contributed by atoms with Crippen molar-refractivity contribution in [3.8, 4) is 0 Å². The average molecular weight is 541 g/mol. The number of hydrogen-bond donors (Lipinski definition) is 1. The molecule has 38 heavy (non-hydrogen) atoms. The third-order valence-corrected chi connectivity index (χ3v) is 10.3. The maximum atomic E-state index is 14.4. The van der Waals surface area contributed by atoms with Gasteiger partial charge >= 0.3 is 5.97 Å². The first kappa shape index (κ1) is 28.4. The number of amides is 2. The summed E-state index contributed by atoms with van der Waals surface area (Å²) in [6, 6.07) is 9.08. The van der Waals surface area contributed by atoms with E-state index in [0.29, 0.717) is 26.1 Å². The van der Waals surface area contributed by atoms with Gasteiger partial charge in [-0.2, -0.15) is 0 Å². The van der Waals surface area contributed by atoms with Crippen LogP contribution in [0.3, 0.4) is 0 Å². The Morgan fingerprint density at radius 2 is 1.97 bits per heavy atom. The van der Waals surface area contributed by atoms with Crippen LogP contribution in [0.2, 0.25) is 0 Å². The van der Waals surface area contributed by atoms with Crippen molar-refractivity contribution in [2.45, 2.75) is 61.6 Å². The lowest BCUT2D eigenvalue weighted by Crippen LogP contribution is -2.57. The van der Waals surface area contributed by atoms with E-state index in [-0.39, 0.29) is 42.1 Å². The first-order chi connectivity index (χ1) is 18.4. The first-order valence-corrected chi connectivity index (χ1v) is 14.6. The standard InChI is InChI=1S/C30H40N2O5S/c1-4-6-7-11-18-37-29(36)24-23-19-21(3)30(38-23)25(24)27(34)32(16-12-17-33)26(30)28(35)31(15-5-2)20-22-13-9-8-10-14-22/h4-5,8-10,13-14,21,23-26,33H,1-2,6-7,11-12,15-20H2,3H3/t21?,23-,24+,25+,26?,30?/m1/s1. The van der Waals surface area contributed by atoms with Crippen LogP contribution in [0.15, 0.2) is 55.6 Å². The van der Waals surface area contributed by atoms with Crippen molar-refractivity contribution < 1.29 is 24.2 Å². The van der Waals surface area contributed by atoms with Crippen LogP contribution in [0.5, 0.6) is 0 Å². The van der Waals surface area contributed by atoms with E-state index in [1.165, 1.54) is 0 Å². The Morgan fingerprint density at radius 1 is 1.21 bits per heavy atom. The number of ether oxygens (including phenoxy) is 1. The van der Waals surface area contributed by atoms with Gasteiger partial charge in [0.25, 0.3) is 0 Å². The minimum atomic E-state index is -0.703. The molecule has 8 heteroatoms. The molecule has 206 valence electrons. The molecule has 2 bridgehead atoms. The molecule has 1 N–H and O–H groups in total. The smallest absolute Gasteiger partial charge is 0.310 e. The number of nitrogens with zero attached hydrogens (tertiary/aromatic N) is 2. The Labute approximate surface area is 230 Å². The normalized spacial score (nSPS) is 29.3. The van der Waals surface area contributed by atoms with E-state index in [1.807, 2.05) is 36.4 Å². The molecular weight excluding hydrogens is 500 g/mol. The van der Waals surface area contributed by atoms with Crippen LogP contribution in [-0.2, 0) is 25.7 Å². The third-order valence-electron chi connectivity index (χ3n) is 8.23. The number of fused-ring (bicyclic) bond motifs is 1. The molecule has 3 fully saturated rings. The maximum Gasteiger partial charge on any atom is 0.310 e. The summed E-state index contributed by atoms with van der Waals surface area (Å²) in [7, 11) is 0. The molecule has 1 aromatic rings. The molecule has 3 heterocycles. The molecule has 0 radical (unpaired) electrons. The highest BCUT2D eigenvalue weighted by Crippen LogP contribution is 2.68. The number of hydrogen-bond acceptors (Lipinski definition) is 6. The van der Waals surface area contributed by atoms with Gasteiger partial charge in [0, 0.05) is 31.5 Å². The van der Waals surface area contributed by atoms with E-state index in [0.717, 1.165) is 31.2 Å². The number of benzene rings is 1. The quantitative estimate of drug-likeness (QED) is 0.219. The summed E-state index contributed by atoms with van der Waals surface area (Å²) < 4.78 is 4.99. The number of thioether (sulfide) groups is 1. The van der Waals surface area contributed by atoms with E-state index in [2.05, 4.69) is 20.1 Å². The molecule has 3 saturated heterocycles. The lowest BCUT2D eigenvalue weighted by molar-refractivity contribution is -0.154. The molecule has 6 atom stereocenters. The van der Waals surface area contributed by atoms with Crippen molar-refractivity contribution in [3.63, 3.8) is 0 Å². The Morgan fingerprint density at radius 3 is 2.66 bits per heavy atom. The molecule has 4 rings (SSSR count). The van der Waals surface area contributed by atoms with Gasteiger partial charge in [0.05, 0.1) is 23.2 Å².